The lowest BCUT2D eigenvalue weighted by atomic mass is 9.92. The molecular formula is C28H25N3. The molecule has 0 radical (unpaired) electrons. The first-order valence-corrected chi connectivity index (χ1v) is 10.4. The minimum atomic E-state index is 0.852. The second kappa shape index (κ2) is 9.31. The van der Waals surface area contributed by atoms with Gasteiger partial charge in [-0.3, -0.25) is 4.98 Å². The molecule has 0 spiro atoms. The number of rotatable bonds is 5. The van der Waals surface area contributed by atoms with Crippen LogP contribution in [-0.2, 0) is 0 Å². The molecule has 0 saturated heterocycles. The fraction of sp³-hybridized carbons (Fsp3) is 0.107. The molecule has 3 heteroatoms. The molecule has 0 aliphatic heterocycles. The SMILES string of the molecule is Cc1cc(C)c(-c2ccccn2)c(C)c1C=NN=C(c1ccccc1)c1ccccc1. The number of aryl methyl sites for hydroxylation is 2. The summed E-state index contributed by atoms with van der Waals surface area (Å²) in [7, 11) is 0. The Morgan fingerprint density at radius 1 is 0.742 bits per heavy atom. The summed E-state index contributed by atoms with van der Waals surface area (Å²) in [5.74, 6) is 0. The first-order valence-electron chi connectivity index (χ1n) is 10.4. The van der Waals surface area contributed by atoms with Crippen LogP contribution in [0.25, 0.3) is 11.3 Å². The number of benzene rings is 3. The Morgan fingerprint density at radius 2 is 1.35 bits per heavy atom. The zero-order valence-corrected chi connectivity index (χ0v) is 18.1. The number of nitrogens with zero attached hydrogens (tertiary/aromatic N) is 3. The Morgan fingerprint density at radius 3 is 1.94 bits per heavy atom. The van der Waals surface area contributed by atoms with E-state index in [0.29, 0.717) is 0 Å². The fourth-order valence-corrected chi connectivity index (χ4v) is 3.92. The highest BCUT2D eigenvalue weighted by atomic mass is 15.2. The van der Waals surface area contributed by atoms with Crippen molar-refractivity contribution < 1.29 is 0 Å². The average Bonchev–Trinajstić information content (AvgIpc) is 2.80. The van der Waals surface area contributed by atoms with Crippen LogP contribution in [0.2, 0.25) is 0 Å². The molecule has 3 aromatic carbocycles. The molecule has 1 heterocycles. The van der Waals surface area contributed by atoms with Gasteiger partial charge in [-0.05, 0) is 49.6 Å². The maximum absolute atomic E-state index is 4.64. The van der Waals surface area contributed by atoms with Crippen molar-refractivity contribution in [3.05, 3.63) is 125 Å². The van der Waals surface area contributed by atoms with Gasteiger partial charge in [0.25, 0.3) is 0 Å². The molecular weight excluding hydrogens is 378 g/mol. The Labute approximate surface area is 183 Å². The molecule has 0 N–H and O–H groups in total. The van der Waals surface area contributed by atoms with Crippen LogP contribution in [0.3, 0.4) is 0 Å². The van der Waals surface area contributed by atoms with Gasteiger partial charge in [-0.15, -0.1) is 5.10 Å². The largest absolute Gasteiger partial charge is 0.256 e. The van der Waals surface area contributed by atoms with Crippen molar-refractivity contribution in [3.63, 3.8) is 0 Å². The van der Waals surface area contributed by atoms with Gasteiger partial charge in [-0.25, -0.2) is 0 Å². The summed E-state index contributed by atoms with van der Waals surface area (Å²) in [6.07, 6.45) is 3.69. The van der Waals surface area contributed by atoms with Crippen LogP contribution in [0.1, 0.15) is 33.4 Å². The van der Waals surface area contributed by atoms with Crippen LogP contribution >= 0.6 is 0 Å². The van der Waals surface area contributed by atoms with Gasteiger partial charge in [0, 0.05) is 28.5 Å². The lowest BCUT2D eigenvalue weighted by Crippen LogP contribution is -2.03. The van der Waals surface area contributed by atoms with Crippen LogP contribution in [0.15, 0.2) is 101 Å². The minimum Gasteiger partial charge on any atom is -0.256 e. The molecule has 0 aliphatic rings. The minimum absolute atomic E-state index is 0.852. The van der Waals surface area contributed by atoms with Crippen molar-refractivity contribution in [3.8, 4) is 11.3 Å². The third-order valence-corrected chi connectivity index (χ3v) is 5.39. The Bertz CT molecular complexity index is 1180. The van der Waals surface area contributed by atoms with Gasteiger partial charge in [0.2, 0.25) is 0 Å². The molecule has 0 unspecified atom stereocenters. The van der Waals surface area contributed by atoms with Crippen molar-refractivity contribution in [2.45, 2.75) is 20.8 Å². The van der Waals surface area contributed by atoms with Crippen LogP contribution in [0.5, 0.6) is 0 Å². The van der Waals surface area contributed by atoms with Crippen LogP contribution in [-0.4, -0.2) is 16.9 Å². The lowest BCUT2D eigenvalue weighted by molar-refractivity contribution is 1.22. The highest BCUT2D eigenvalue weighted by Gasteiger charge is 2.12. The van der Waals surface area contributed by atoms with Crippen LogP contribution < -0.4 is 0 Å². The van der Waals surface area contributed by atoms with E-state index >= 15 is 0 Å². The summed E-state index contributed by atoms with van der Waals surface area (Å²) < 4.78 is 0. The summed E-state index contributed by atoms with van der Waals surface area (Å²) in [6.45, 7) is 6.37. The number of hydrogen-bond donors (Lipinski definition) is 0. The molecule has 0 bridgehead atoms. The predicted molar refractivity (Wildman–Crippen MR) is 130 cm³/mol. The van der Waals surface area contributed by atoms with Gasteiger partial charge in [0.15, 0.2) is 0 Å². The molecule has 4 rings (SSSR count). The average molecular weight is 404 g/mol. The molecule has 0 fully saturated rings. The Hall–Kier alpha value is -3.85. The van der Waals surface area contributed by atoms with E-state index in [1.165, 1.54) is 11.1 Å². The third-order valence-electron chi connectivity index (χ3n) is 5.39. The first kappa shape index (κ1) is 20.4. The lowest BCUT2D eigenvalue weighted by Gasteiger charge is -2.14. The van der Waals surface area contributed by atoms with Gasteiger partial charge in [0.1, 0.15) is 5.71 Å². The smallest absolute Gasteiger partial charge is 0.100 e. The van der Waals surface area contributed by atoms with E-state index in [0.717, 1.165) is 39.2 Å². The zero-order valence-electron chi connectivity index (χ0n) is 18.1. The molecule has 4 aromatic rings. The molecule has 3 nitrogen and oxygen atoms in total. The quantitative estimate of drug-likeness (QED) is 0.275. The monoisotopic (exact) mass is 403 g/mol. The maximum Gasteiger partial charge on any atom is 0.100 e. The predicted octanol–water partition coefficient (Wildman–Crippen LogP) is 6.55. The normalized spacial score (nSPS) is 10.9. The highest BCUT2D eigenvalue weighted by molar-refractivity contribution is 6.13. The van der Waals surface area contributed by atoms with Crippen LogP contribution in [0, 0.1) is 20.8 Å². The van der Waals surface area contributed by atoms with Crippen molar-refractivity contribution in [1.29, 1.82) is 0 Å². The summed E-state index contributed by atoms with van der Waals surface area (Å²) in [5, 5.41) is 9.16. The summed E-state index contributed by atoms with van der Waals surface area (Å²) in [5.41, 5.74) is 9.69. The molecule has 31 heavy (non-hydrogen) atoms. The van der Waals surface area contributed by atoms with E-state index in [2.05, 4.69) is 66.3 Å². The van der Waals surface area contributed by atoms with Gasteiger partial charge in [0.05, 0.1) is 11.9 Å². The van der Waals surface area contributed by atoms with Crippen molar-refractivity contribution in [2.24, 2.45) is 10.2 Å². The standard InChI is InChI=1S/C28H25N3/c1-20-18-21(2)27(26-16-10-11-17-29-26)22(3)25(20)19-30-31-28(23-12-6-4-7-13-23)24-14-8-5-9-15-24/h4-19H,1-3H3. The molecule has 1 aromatic heterocycles. The topological polar surface area (TPSA) is 37.6 Å². The van der Waals surface area contributed by atoms with Crippen LogP contribution in [0.4, 0.5) is 0 Å². The van der Waals surface area contributed by atoms with E-state index in [1.54, 1.807) is 0 Å². The van der Waals surface area contributed by atoms with E-state index in [9.17, 15) is 0 Å². The maximum atomic E-state index is 4.64. The van der Waals surface area contributed by atoms with Gasteiger partial charge >= 0.3 is 0 Å². The second-order valence-electron chi connectivity index (χ2n) is 7.56. The highest BCUT2D eigenvalue weighted by Crippen LogP contribution is 2.29. The van der Waals surface area contributed by atoms with Crippen molar-refractivity contribution in [2.75, 3.05) is 0 Å². The second-order valence-corrected chi connectivity index (χ2v) is 7.56. The first-order chi connectivity index (χ1) is 15.1. The van der Waals surface area contributed by atoms with Gasteiger partial charge in [-0.1, -0.05) is 72.8 Å². The van der Waals surface area contributed by atoms with E-state index in [4.69, 9.17) is 0 Å². The number of hydrogen-bond acceptors (Lipinski definition) is 3. The number of aromatic nitrogens is 1. The van der Waals surface area contributed by atoms with Crippen molar-refractivity contribution in [1.82, 2.24) is 4.98 Å². The molecule has 0 atom stereocenters. The molecule has 152 valence electrons. The molecule has 0 aliphatic carbocycles. The van der Waals surface area contributed by atoms with E-state index in [-0.39, 0.29) is 0 Å². The Balaban J connectivity index is 1.77. The molecule has 0 saturated carbocycles. The fourth-order valence-electron chi connectivity index (χ4n) is 3.92. The third kappa shape index (κ3) is 4.51. The summed E-state index contributed by atoms with van der Waals surface area (Å²) in [6, 6.07) is 28.5. The summed E-state index contributed by atoms with van der Waals surface area (Å²) >= 11 is 0. The molecule has 0 amide bonds. The summed E-state index contributed by atoms with van der Waals surface area (Å²) in [4.78, 5) is 4.56. The number of pyridine rings is 1. The zero-order chi connectivity index (χ0) is 21.6. The van der Waals surface area contributed by atoms with E-state index in [1.807, 2.05) is 67.0 Å². The van der Waals surface area contributed by atoms with E-state index < -0.39 is 0 Å². The Kier molecular flexibility index (Phi) is 6.13. The van der Waals surface area contributed by atoms with Gasteiger partial charge in [-0.2, -0.15) is 5.10 Å². The van der Waals surface area contributed by atoms with Crippen molar-refractivity contribution >= 4 is 11.9 Å². The van der Waals surface area contributed by atoms with Gasteiger partial charge < -0.3 is 0 Å².